The maximum atomic E-state index is 12.9. The molecule has 1 aliphatic rings. The Morgan fingerprint density at radius 3 is 2.56 bits per heavy atom. The van der Waals surface area contributed by atoms with Crippen molar-refractivity contribution in [3.8, 4) is 11.5 Å². The van der Waals surface area contributed by atoms with Crippen molar-refractivity contribution in [3.63, 3.8) is 0 Å². The normalized spacial score (nSPS) is 13.2. The van der Waals surface area contributed by atoms with Gasteiger partial charge in [0.1, 0.15) is 11.5 Å². The Labute approximate surface area is 159 Å². The minimum Gasteiger partial charge on any atom is -0.457 e. The molecule has 0 bridgehead atoms. The van der Waals surface area contributed by atoms with Crippen molar-refractivity contribution in [3.05, 3.63) is 84.2 Å². The average Bonchev–Trinajstić information content (AvgIpc) is 3.53. The molecule has 0 unspecified atom stereocenters. The van der Waals surface area contributed by atoms with Crippen LogP contribution >= 0.6 is 0 Å². The molecule has 0 spiro atoms. The Morgan fingerprint density at radius 1 is 1.07 bits per heavy atom. The average molecular weight is 358 g/mol. The zero-order valence-electron chi connectivity index (χ0n) is 15.3. The first-order valence-corrected chi connectivity index (χ1v) is 9.24. The highest BCUT2D eigenvalue weighted by molar-refractivity contribution is 5.97. The van der Waals surface area contributed by atoms with Gasteiger partial charge in [0.25, 0.3) is 0 Å². The van der Waals surface area contributed by atoms with E-state index < -0.39 is 0 Å². The number of hydrogen-bond donors (Lipinski definition) is 0. The van der Waals surface area contributed by atoms with E-state index in [0.717, 1.165) is 41.2 Å². The van der Waals surface area contributed by atoms with Gasteiger partial charge in [0.05, 0.1) is 6.54 Å². The number of ether oxygens (including phenoxy) is 1. The molecule has 1 saturated carbocycles. The molecule has 0 aliphatic heterocycles. The molecule has 4 nitrogen and oxygen atoms in total. The molecule has 4 heteroatoms. The highest BCUT2D eigenvalue weighted by atomic mass is 16.5. The lowest BCUT2D eigenvalue weighted by Crippen LogP contribution is -2.32. The summed E-state index contributed by atoms with van der Waals surface area (Å²) in [6.45, 7) is 2.55. The van der Waals surface area contributed by atoms with Crippen LogP contribution < -0.4 is 9.64 Å². The predicted octanol–water partition coefficient (Wildman–Crippen LogP) is 5.13. The maximum absolute atomic E-state index is 12.9. The van der Waals surface area contributed by atoms with Crippen LogP contribution in [0.5, 0.6) is 11.5 Å². The molecule has 136 valence electrons. The van der Waals surface area contributed by atoms with Crippen molar-refractivity contribution < 1.29 is 9.53 Å². The van der Waals surface area contributed by atoms with E-state index >= 15 is 0 Å². The summed E-state index contributed by atoms with van der Waals surface area (Å²) in [4.78, 5) is 19.0. The monoisotopic (exact) mass is 358 g/mol. The number of para-hydroxylation sites is 1. The van der Waals surface area contributed by atoms with Gasteiger partial charge in [-0.15, -0.1) is 0 Å². The summed E-state index contributed by atoms with van der Waals surface area (Å²) >= 11 is 0. The van der Waals surface area contributed by atoms with E-state index in [1.54, 1.807) is 6.20 Å². The van der Waals surface area contributed by atoms with Gasteiger partial charge < -0.3 is 9.64 Å². The molecule has 4 rings (SSSR count). The van der Waals surface area contributed by atoms with Gasteiger partial charge in [-0.1, -0.05) is 24.3 Å². The molecule has 1 aromatic heterocycles. The summed E-state index contributed by atoms with van der Waals surface area (Å²) in [5.74, 6) is 1.91. The third-order valence-electron chi connectivity index (χ3n) is 4.69. The van der Waals surface area contributed by atoms with Crippen molar-refractivity contribution in [1.82, 2.24) is 4.98 Å². The van der Waals surface area contributed by atoms with Crippen LogP contribution in [0.3, 0.4) is 0 Å². The molecular formula is C23H22N2O2. The van der Waals surface area contributed by atoms with Gasteiger partial charge in [0.2, 0.25) is 5.91 Å². The Hall–Kier alpha value is -3.14. The van der Waals surface area contributed by atoms with E-state index in [2.05, 4.69) is 4.98 Å². The predicted molar refractivity (Wildman–Crippen MR) is 106 cm³/mol. The van der Waals surface area contributed by atoms with Crippen LogP contribution in [0.15, 0.2) is 73.1 Å². The summed E-state index contributed by atoms with van der Waals surface area (Å²) in [6.07, 6.45) is 5.53. The van der Waals surface area contributed by atoms with Crippen LogP contribution in [0.2, 0.25) is 0 Å². The van der Waals surface area contributed by atoms with E-state index in [-0.39, 0.29) is 11.8 Å². The van der Waals surface area contributed by atoms with Gasteiger partial charge in [0.15, 0.2) is 0 Å². The van der Waals surface area contributed by atoms with Crippen LogP contribution in [0, 0.1) is 12.8 Å². The molecule has 0 saturated heterocycles. The number of pyridine rings is 1. The molecule has 0 N–H and O–H groups in total. The fourth-order valence-corrected chi connectivity index (χ4v) is 3.13. The van der Waals surface area contributed by atoms with Crippen LogP contribution in [0.4, 0.5) is 5.69 Å². The van der Waals surface area contributed by atoms with Gasteiger partial charge in [0, 0.05) is 24.0 Å². The van der Waals surface area contributed by atoms with Crippen LogP contribution in [-0.4, -0.2) is 10.9 Å². The Bertz CT molecular complexity index is 922. The number of carbonyl (C=O) groups is 1. The summed E-state index contributed by atoms with van der Waals surface area (Å²) in [5, 5.41) is 0. The molecule has 1 fully saturated rings. The third kappa shape index (κ3) is 4.17. The summed E-state index contributed by atoms with van der Waals surface area (Å²) < 4.78 is 5.92. The zero-order valence-corrected chi connectivity index (χ0v) is 15.3. The largest absolute Gasteiger partial charge is 0.457 e. The number of anilines is 1. The number of benzene rings is 2. The molecule has 2 aromatic carbocycles. The lowest BCUT2D eigenvalue weighted by atomic mass is 10.1. The lowest BCUT2D eigenvalue weighted by molar-refractivity contribution is -0.119. The Balaban J connectivity index is 1.60. The molecule has 1 aliphatic carbocycles. The highest BCUT2D eigenvalue weighted by Crippen LogP contribution is 2.35. The molecule has 1 amide bonds. The first kappa shape index (κ1) is 17.3. The van der Waals surface area contributed by atoms with E-state index in [1.165, 1.54) is 0 Å². The van der Waals surface area contributed by atoms with Gasteiger partial charge in [-0.25, -0.2) is 0 Å². The number of nitrogens with zero attached hydrogens (tertiary/aromatic N) is 2. The summed E-state index contributed by atoms with van der Waals surface area (Å²) in [5.41, 5.74) is 2.97. The fourth-order valence-electron chi connectivity index (χ4n) is 3.13. The second-order valence-corrected chi connectivity index (χ2v) is 6.92. The number of rotatable bonds is 6. The van der Waals surface area contributed by atoms with Crippen LogP contribution in [0.25, 0.3) is 0 Å². The SMILES string of the molecule is Cc1cc(Oc2ccccc2)ccc1N(Cc1cccnc1)C(=O)C1CC1. The second-order valence-electron chi connectivity index (χ2n) is 6.92. The number of carbonyl (C=O) groups excluding carboxylic acids is 1. The summed E-state index contributed by atoms with van der Waals surface area (Å²) in [7, 11) is 0. The highest BCUT2D eigenvalue weighted by Gasteiger charge is 2.34. The quantitative estimate of drug-likeness (QED) is 0.614. The standard InChI is InChI=1S/C23H22N2O2/c1-17-14-21(27-20-7-3-2-4-8-20)11-12-22(17)25(23(26)19-9-10-19)16-18-6-5-13-24-15-18/h2-8,11-15,19H,9-10,16H2,1H3. The van der Waals surface area contributed by atoms with E-state index in [1.807, 2.05) is 78.7 Å². The third-order valence-corrected chi connectivity index (χ3v) is 4.69. The molecule has 3 aromatic rings. The molecule has 27 heavy (non-hydrogen) atoms. The topological polar surface area (TPSA) is 42.4 Å². The number of aromatic nitrogens is 1. The van der Waals surface area contributed by atoms with Crippen molar-refractivity contribution >= 4 is 11.6 Å². The van der Waals surface area contributed by atoms with Crippen LogP contribution in [-0.2, 0) is 11.3 Å². The first-order chi connectivity index (χ1) is 13.2. The number of hydrogen-bond acceptors (Lipinski definition) is 3. The van der Waals surface area contributed by atoms with Crippen molar-refractivity contribution in [1.29, 1.82) is 0 Å². The summed E-state index contributed by atoms with van der Waals surface area (Å²) in [6, 6.07) is 19.5. The molecule has 1 heterocycles. The molecule has 0 radical (unpaired) electrons. The van der Waals surface area contributed by atoms with Crippen molar-refractivity contribution in [2.75, 3.05) is 4.90 Å². The lowest BCUT2D eigenvalue weighted by Gasteiger charge is -2.25. The Kier molecular flexibility index (Phi) is 4.88. The van der Waals surface area contributed by atoms with E-state index in [9.17, 15) is 4.79 Å². The number of amides is 1. The first-order valence-electron chi connectivity index (χ1n) is 9.24. The van der Waals surface area contributed by atoms with Gasteiger partial charge in [-0.05, 0) is 67.3 Å². The Morgan fingerprint density at radius 2 is 1.89 bits per heavy atom. The van der Waals surface area contributed by atoms with Gasteiger partial charge in [-0.3, -0.25) is 9.78 Å². The molecular weight excluding hydrogens is 336 g/mol. The number of aryl methyl sites for hydroxylation is 1. The minimum absolute atomic E-state index is 0.154. The fraction of sp³-hybridized carbons (Fsp3) is 0.217. The maximum Gasteiger partial charge on any atom is 0.230 e. The van der Waals surface area contributed by atoms with Crippen molar-refractivity contribution in [2.24, 2.45) is 5.92 Å². The zero-order chi connectivity index (χ0) is 18.6. The van der Waals surface area contributed by atoms with Crippen LogP contribution in [0.1, 0.15) is 24.0 Å². The smallest absolute Gasteiger partial charge is 0.230 e. The van der Waals surface area contributed by atoms with Gasteiger partial charge >= 0.3 is 0 Å². The van der Waals surface area contributed by atoms with Gasteiger partial charge in [-0.2, -0.15) is 0 Å². The van der Waals surface area contributed by atoms with E-state index in [0.29, 0.717) is 6.54 Å². The molecule has 0 atom stereocenters. The van der Waals surface area contributed by atoms with Crippen molar-refractivity contribution in [2.45, 2.75) is 26.3 Å². The van der Waals surface area contributed by atoms with E-state index in [4.69, 9.17) is 4.74 Å². The minimum atomic E-state index is 0.154. The second kappa shape index (κ2) is 7.62.